The number of nitrogens with one attached hydrogen (secondary N) is 1. The molecule has 0 aliphatic rings. The van der Waals surface area contributed by atoms with Crippen molar-refractivity contribution in [2.45, 2.75) is 39.5 Å². The molecule has 4 heteroatoms. The third-order valence-electron chi connectivity index (χ3n) is 4.30. The van der Waals surface area contributed by atoms with Crippen molar-refractivity contribution in [3.05, 3.63) is 65.5 Å². The average Bonchev–Trinajstić information content (AvgIpc) is 2.64. The highest BCUT2D eigenvalue weighted by molar-refractivity contribution is 6.05. The van der Waals surface area contributed by atoms with E-state index in [4.69, 9.17) is 5.41 Å². The molecule has 1 heterocycles. The molecule has 1 N–H and O–H groups in total. The zero-order valence-corrected chi connectivity index (χ0v) is 16.2. The molecule has 0 saturated carbocycles. The van der Waals surface area contributed by atoms with Crippen LogP contribution in [0.5, 0.6) is 0 Å². The van der Waals surface area contributed by atoms with Gasteiger partial charge in [-0.1, -0.05) is 37.6 Å². The number of hydrogen-bond acceptors (Lipinski definition) is 3. The van der Waals surface area contributed by atoms with Crippen LogP contribution in [0, 0.1) is 5.41 Å². The van der Waals surface area contributed by atoms with E-state index >= 15 is 0 Å². The lowest BCUT2D eigenvalue weighted by Crippen LogP contribution is -2.26. The number of aliphatic imine (C=N–C) groups is 1. The Morgan fingerprint density at radius 1 is 1.12 bits per heavy atom. The number of benzene rings is 1. The Bertz CT molecular complexity index is 705. The molecule has 26 heavy (non-hydrogen) atoms. The Morgan fingerprint density at radius 2 is 1.81 bits per heavy atom. The maximum atomic E-state index is 8.06. The van der Waals surface area contributed by atoms with Crippen LogP contribution in [-0.4, -0.2) is 41.6 Å². The lowest BCUT2D eigenvalue weighted by Gasteiger charge is -2.16. The molecule has 138 valence electrons. The highest BCUT2D eigenvalue weighted by atomic mass is 15.1. The lowest BCUT2D eigenvalue weighted by molar-refractivity contribution is 0.373. The Morgan fingerprint density at radius 3 is 2.42 bits per heavy atom. The van der Waals surface area contributed by atoms with E-state index in [1.165, 1.54) is 17.5 Å². The zero-order chi connectivity index (χ0) is 18.8. The van der Waals surface area contributed by atoms with E-state index in [1.807, 2.05) is 19.1 Å². The van der Waals surface area contributed by atoms with Crippen molar-refractivity contribution < 1.29 is 0 Å². The van der Waals surface area contributed by atoms with Crippen LogP contribution in [0.1, 0.15) is 43.4 Å². The molecule has 0 bridgehead atoms. The molecule has 1 aromatic carbocycles. The first kappa shape index (κ1) is 20.0. The van der Waals surface area contributed by atoms with E-state index in [9.17, 15) is 0 Å². The zero-order valence-electron chi connectivity index (χ0n) is 16.2. The summed E-state index contributed by atoms with van der Waals surface area (Å²) in [5, 5.41) is 8.06. The largest absolute Gasteiger partial charge is 0.301 e. The van der Waals surface area contributed by atoms with Gasteiger partial charge < -0.3 is 4.90 Å². The predicted molar refractivity (Wildman–Crippen MR) is 110 cm³/mol. The molecular formula is C22H30N4. The smallest absolute Gasteiger partial charge is 0.153 e. The van der Waals surface area contributed by atoms with Crippen LogP contribution >= 0.6 is 0 Å². The standard InChI is InChI=1S/C22H30N4/c1-4-7-19-10-12-20(13-11-19)8-6-15-26(3)17-18(2)25-22(23)21-9-5-14-24-16-21/h5,9-14,16,23H,4,6-8,15,17H2,1-3H3. The highest BCUT2D eigenvalue weighted by Gasteiger charge is 2.04. The summed E-state index contributed by atoms with van der Waals surface area (Å²) < 4.78 is 0. The summed E-state index contributed by atoms with van der Waals surface area (Å²) >= 11 is 0. The van der Waals surface area contributed by atoms with E-state index in [2.05, 4.69) is 53.1 Å². The average molecular weight is 351 g/mol. The van der Waals surface area contributed by atoms with Gasteiger partial charge in [0, 0.05) is 30.2 Å². The van der Waals surface area contributed by atoms with Gasteiger partial charge in [0.2, 0.25) is 0 Å². The van der Waals surface area contributed by atoms with Crippen LogP contribution in [-0.2, 0) is 12.8 Å². The molecule has 0 aliphatic carbocycles. The van der Waals surface area contributed by atoms with Gasteiger partial charge in [-0.15, -0.1) is 0 Å². The summed E-state index contributed by atoms with van der Waals surface area (Å²) in [6.45, 7) is 5.99. The molecule has 2 aromatic rings. The van der Waals surface area contributed by atoms with Crippen molar-refractivity contribution in [2.24, 2.45) is 4.99 Å². The monoisotopic (exact) mass is 350 g/mol. The first-order chi connectivity index (χ1) is 12.6. The van der Waals surface area contributed by atoms with Crippen molar-refractivity contribution in [1.82, 2.24) is 9.88 Å². The fraction of sp³-hybridized carbons (Fsp3) is 0.409. The second-order valence-electron chi connectivity index (χ2n) is 6.85. The molecule has 1 aromatic heterocycles. The summed E-state index contributed by atoms with van der Waals surface area (Å²) in [6, 6.07) is 12.7. The number of rotatable bonds is 9. The maximum Gasteiger partial charge on any atom is 0.153 e. The van der Waals surface area contributed by atoms with Gasteiger partial charge in [-0.2, -0.15) is 0 Å². The third kappa shape index (κ3) is 6.89. The number of nitrogens with zero attached hydrogens (tertiary/aromatic N) is 3. The van der Waals surface area contributed by atoms with E-state index < -0.39 is 0 Å². The minimum absolute atomic E-state index is 0.274. The van der Waals surface area contributed by atoms with Crippen molar-refractivity contribution in [2.75, 3.05) is 20.1 Å². The van der Waals surface area contributed by atoms with Gasteiger partial charge in [0.15, 0.2) is 5.84 Å². The van der Waals surface area contributed by atoms with Crippen molar-refractivity contribution in [3.8, 4) is 0 Å². The fourth-order valence-corrected chi connectivity index (χ4v) is 2.98. The van der Waals surface area contributed by atoms with Gasteiger partial charge in [0.05, 0.1) is 0 Å². The molecule has 0 atom stereocenters. The molecule has 2 rings (SSSR count). The molecule has 4 nitrogen and oxygen atoms in total. The van der Waals surface area contributed by atoms with Gasteiger partial charge in [0.25, 0.3) is 0 Å². The van der Waals surface area contributed by atoms with Gasteiger partial charge in [-0.25, -0.2) is 4.99 Å². The normalized spacial score (nSPS) is 11.8. The fourth-order valence-electron chi connectivity index (χ4n) is 2.98. The van der Waals surface area contributed by atoms with E-state index in [-0.39, 0.29) is 5.84 Å². The molecule has 0 aliphatic heterocycles. The minimum Gasteiger partial charge on any atom is -0.301 e. The maximum absolute atomic E-state index is 8.06. The molecule has 0 amide bonds. The van der Waals surface area contributed by atoms with Gasteiger partial charge in [0.1, 0.15) is 0 Å². The second kappa shape index (κ2) is 10.6. The Labute approximate surface area is 157 Å². The Hall–Kier alpha value is -2.33. The number of pyridine rings is 1. The van der Waals surface area contributed by atoms with Crippen LogP contribution in [0.4, 0.5) is 0 Å². The Balaban J connectivity index is 1.74. The molecule has 0 radical (unpaired) electrons. The SMILES string of the molecule is CCCc1ccc(CCCN(C)CC(C)=NC(=N)c2cccnc2)cc1. The van der Waals surface area contributed by atoms with E-state index in [0.717, 1.165) is 43.6 Å². The van der Waals surface area contributed by atoms with Gasteiger partial charge >= 0.3 is 0 Å². The molecule has 0 fully saturated rings. The number of aromatic nitrogens is 1. The van der Waals surface area contributed by atoms with E-state index in [1.54, 1.807) is 12.4 Å². The summed E-state index contributed by atoms with van der Waals surface area (Å²) in [7, 11) is 2.11. The van der Waals surface area contributed by atoms with Crippen molar-refractivity contribution >= 4 is 11.5 Å². The van der Waals surface area contributed by atoms with Crippen LogP contribution < -0.4 is 0 Å². The highest BCUT2D eigenvalue weighted by Crippen LogP contribution is 2.09. The van der Waals surface area contributed by atoms with Gasteiger partial charge in [-0.05, 0) is 63.0 Å². The number of hydrogen-bond donors (Lipinski definition) is 1. The second-order valence-corrected chi connectivity index (χ2v) is 6.85. The van der Waals surface area contributed by atoms with Gasteiger partial charge in [-0.3, -0.25) is 10.4 Å². The Kier molecular flexibility index (Phi) is 8.16. The first-order valence-electron chi connectivity index (χ1n) is 9.38. The van der Waals surface area contributed by atoms with E-state index in [0.29, 0.717) is 0 Å². The van der Waals surface area contributed by atoms with Crippen molar-refractivity contribution in [1.29, 1.82) is 5.41 Å². The van der Waals surface area contributed by atoms with Crippen LogP contribution in [0.15, 0.2) is 53.8 Å². The predicted octanol–water partition coefficient (Wildman–Crippen LogP) is 4.38. The summed E-state index contributed by atoms with van der Waals surface area (Å²) in [5.41, 5.74) is 4.53. The molecule has 0 unspecified atom stereocenters. The first-order valence-corrected chi connectivity index (χ1v) is 9.38. The molecule has 0 saturated heterocycles. The van der Waals surface area contributed by atoms with Crippen molar-refractivity contribution in [3.63, 3.8) is 0 Å². The van der Waals surface area contributed by atoms with Crippen LogP contribution in [0.25, 0.3) is 0 Å². The topological polar surface area (TPSA) is 52.3 Å². The summed E-state index contributed by atoms with van der Waals surface area (Å²) in [4.78, 5) is 10.7. The molecule has 0 spiro atoms. The van der Waals surface area contributed by atoms with Crippen LogP contribution in [0.2, 0.25) is 0 Å². The summed E-state index contributed by atoms with van der Waals surface area (Å²) in [6.07, 6.45) is 7.96. The number of amidine groups is 1. The summed E-state index contributed by atoms with van der Waals surface area (Å²) in [5.74, 6) is 0.274. The number of aryl methyl sites for hydroxylation is 2. The minimum atomic E-state index is 0.274. The lowest BCUT2D eigenvalue weighted by atomic mass is 10.0. The molecular weight excluding hydrogens is 320 g/mol. The van der Waals surface area contributed by atoms with Crippen LogP contribution in [0.3, 0.4) is 0 Å². The quantitative estimate of drug-likeness (QED) is 0.539. The third-order valence-corrected chi connectivity index (χ3v) is 4.30.